The summed E-state index contributed by atoms with van der Waals surface area (Å²) in [5.74, 6) is -0.413. The van der Waals surface area contributed by atoms with E-state index in [0.29, 0.717) is 12.8 Å². The average Bonchev–Trinajstić information content (AvgIpc) is 1.87. The zero-order chi connectivity index (χ0) is 8.69. The number of allylic oxidation sites excluding steroid dienone is 3. The lowest BCUT2D eigenvalue weighted by molar-refractivity contribution is -0.113. The Morgan fingerprint density at radius 3 is 2.00 bits per heavy atom. The van der Waals surface area contributed by atoms with Gasteiger partial charge in [0.05, 0.1) is 0 Å². The monoisotopic (exact) mass is 151 g/mol. The summed E-state index contributed by atoms with van der Waals surface area (Å²) in [5.41, 5.74) is 5.92. The Morgan fingerprint density at radius 2 is 1.73 bits per heavy atom. The number of primary amides is 1. The lowest BCUT2D eigenvalue weighted by Crippen LogP contribution is -2.07. The second kappa shape index (κ2) is 5.47. The zero-order valence-electron chi connectivity index (χ0n) is 6.55. The summed E-state index contributed by atoms with van der Waals surface area (Å²) in [5, 5.41) is 0. The molecule has 2 N–H and O–H groups in total. The first kappa shape index (κ1) is 9.69. The van der Waals surface area contributed by atoms with E-state index in [2.05, 4.69) is 13.2 Å². The molecule has 0 aromatic carbocycles. The highest BCUT2D eigenvalue weighted by atomic mass is 16.1. The highest BCUT2D eigenvalue weighted by Gasteiger charge is 1.93. The van der Waals surface area contributed by atoms with Crippen LogP contribution in [0.15, 0.2) is 37.0 Å². The summed E-state index contributed by atoms with van der Waals surface area (Å²) in [6.45, 7) is 7.13. The molecule has 11 heavy (non-hydrogen) atoms. The molecule has 0 bridgehead atoms. The number of nitrogens with two attached hydrogens (primary N) is 1. The van der Waals surface area contributed by atoms with Gasteiger partial charge in [-0.25, -0.2) is 0 Å². The molecule has 0 rings (SSSR count). The maximum absolute atomic E-state index is 10.4. The normalized spacial score (nSPS) is 8.36. The van der Waals surface area contributed by atoms with E-state index >= 15 is 0 Å². The van der Waals surface area contributed by atoms with Crippen molar-refractivity contribution in [2.24, 2.45) is 5.73 Å². The van der Waals surface area contributed by atoms with Crippen LogP contribution in [-0.2, 0) is 4.79 Å². The summed E-state index contributed by atoms with van der Waals surface area (Å²) in [6.07, 6.45) is 6.27. The summed E-state index contributed by atoms with van der Waals surface area (Å²) in [6, 6.07) is 0. The molecule has 0 aliphatic rings. The molecule has 0 saturated carbocycles. The van der Waals surface area contributed by atoms with E-state index in [4.69, 9.17) is 5.73 Å². The number of carbonyl (C=O) groups excluding carboxylic acids is 1. The van der Waals surface area contributed by atoms with E-state index in [1.54, 1.807) is 12.2 Å². The first-order chi connectivity index (χ1) is 5.20. The van der Waals surface area contributed by atoms with Crippen molar-refractivity contribution < 1.29 is 4.79 Å². The number of hydrogen-bond donors (Lipinski definition) is 1. The van der Waals surface area contributed by atoms with Crippen LogP contribution >= 0.6 is 0 Å². The molecule has 2 heteroatoms. The molecule has 0 unspecified atom stereocenters. The minimum Gasteiger partial charge on any atom is -0.366 e. The molecular formula is C9H13NO. The van der Waals surface area contributed by atoms with Gasteiger partial charge in [0.1, 0.15) is 0 Å². The molecule has 0 aromatic heterocycles. The number of amides is 1. The van der Waals surface area contributed by atoms with Gasteiger partial charge in [0, 0.05) is 6.08 Å². The molecule has 0 aliphatic heterocycles. The molecule has 0 heterocycles. The van der Waals surface area contributed by atoms with Crippen LogP contribution in [-0.4, -0.2) is 5.91 Å². The van der Waals surface area contributed by atoms with Gasteiger partial charge in [0.2, 0.25) is 5.91 Å². The van der Waals surface area contributed by atoms with Gasteiger partial charge in [-0.2, -0.15) is 0 Å². The van der Waals surface area contributed by atoms with Gasteiger partial charge in [-0.3, -0.25) is 4.79 Å². The fourth-order valence-electron chi connectivity index (χ4n) is 0.773. The summed E-state index contributed by atoms with van der Waals surface area (Å²) in [7, 11) is 0. The van der Waals surface area contributed by atoms with Crippen LogP contribution in [0.2, 0.25) is 0 Å². The Balaban J connectivity index is 4.17. The maximum Gasteiger partial charge on any atom is 0.241 e. The first-order valence-corrected chi connectivity index (χ1v) is 3.41. The van der Waals surface area contributed by atoms with Crippen molar-refractivity contribution >= 4 is 5.91 Å². The summed E-state index contributed by atoms with van der Waals surface area (Å²) >= 11 is 0. The fourth-order valence-corrected chi connectivity index (χ4v) is 0.773. The molecule has 0 saturated heterocycles. The molecule has 2 nitrogen and oxygen atoms in total. The minimum atomic E-state index is -0.413. The maximum atomic E-state index is 10.4. The molecule has 1 amide bonds. The van der Waals surface area contributed by atoms with Gasteiger partial charge in [-0.1, -0.05) is 17.7 Å². The topological polar surface area (TPSA) is 43.1 Å². The average molecular weight is 151 g/mol. The summed E-state index contributed by atoms with van der Waals surface area (Å²) in [4.78, 5) is 10.4. The standard InChI is InChI=1S/C9H13NO/c1-3-5-8(6-4-2)7-9(10)11/h3-4,7H,1-2,5-6H2,(H2,10,11). The van der Waals surface area contributed by atoms with Crippen LogP contribution in [0, 0.1) is 0 Å². The Morgan fingerprint density at radius 1 is 1.27 bits per heavy atom. The van der Waals surface area contributed by atoms with Gasteiger partial charge in [-0.15, -0.1) is 13.2 Å². The van der Waals surface area contributed by atoms with E-state index in [1.807, 2.05) is 0 Å². The first-order valence-electron chi connectivity index (χ1n) is 3.41. The van der Waals surface area contributed by atoms with Gasteiger partial charge < -0.3 is 5.73 Å². The predicted molar refractivity (Wildman–Crippen MR) is 46.9 cm³/mol. The molecule has 0 aliphatic carbocycles. The third-order valence-electron chi connectivity index (χ3n) is 1.16. The highest BCUT2D eigenvalue weighted by Crippen LogP contribution is 2.06. The molecule has 0 aromatic rings. The van der Waals surface area contributed by atoms with Crippen molar-refractivity contribution in [3.05, 3.63) is 37.0 Å². The van der Waals surface area contributed by atoms with Crippen LogP contribution in [0.4, 0.5) is 0 Å². The van der Waals surface area contributed by atoms with Crippen molar-refractivity contribution in [3.63, 3.8) is 0 Å². The van der Waals surface area contributed by atoms with E-state index in [1.165, 1.54) is 6.08 Å². The Labute approximate surface area is 67.1 Å². The molecule has 0 atom stereocenters. The van der Waals surface area contributed by atoms with Crippen molar-refractivity contribution in [1.82, 2.24) is 0 Å². The van der Waals surface area contributed by atoms with Crippen LogP contribution in [0.1, 0.15) is 12.8 Å². The van der Waals surface area contributed by atoms with Gasteiger partial charge in [0.15, 0.2) is 0 Å². The Kier molecular flexibility index (Phi) is 4.82. The van der Waals surface area contributed by atoms with Crippen molar-refractivity contribution in [1.29, 1.82) is 0 Å². The van der Waals surface area contributed by atoms with Crippen LogP contribution < -0.4 is 5.73 Å². The number of rotatable bonds is 5. The second-order valence-corrected chi connectivity index (χ2v) is 2.19. The van der Waals surface area contributed by atoms with Gasteiger partial charge in [-0.05, 0) is 12.8 Å². The molecule has 0 spiro atoms. The van der Waals surface area contributed by atoms with Crippen molar-refractivity contribution in [2.75, 3.05) is 0 Å². The minimum absolute atomic E-state index is 0.413. The zero-order valence-corrected chi connectivity index (χ0v) is 6.55. The number of carbonyl (C=O) groups is 1. The molecule has 0 fully saturated rings. The van der Waals surface area contributed by atoms with Gasteiger partial charge in [0.25, 0.3) is 0 Å². The van der Waals surface area contributed by atoms with Crippen LogP contribution in [0.3, 0.4) is 0 Å². The smallest absolute Gasteiger partial charge is 0.241 e. The number of hydrogen-bond acceptors (Lipinski definition) is 1. The van der Waals surface area contributed by atoms with E-state index in [-0.39, 0.29) is 0 Å². The van der Waals surface area contributed by atoms with Gasteiger partial charge >= 0.3 is 0 Å². The second-order valence-electron chi connectivity index (χ2n) is 2.19. The third-order valence-corrected chi connectivity index (χ3v) is 1.16. The van der Waals surface area contributed by atoms with E-state index < -0.39 is 5.91 Å². The Bertz CT molecular complexity index is 180. The third kappa shape index (κ3) is 5.15. The highest BCUT2D eigenvalue weighted by molar-refractivity contribution is 5.86. The van der Waals surface area contributed by atoms with Crippen LogP contribution in [0.5, 0.6) is 0 Å². The SMILES string of the molecule is C=CCC(=CC(N)=O)CC=C. The predicted octanol–water partition coefficient (Wildman–Crippen LogP) is 1.55. The summed E-state index contributed by atoms with van der Waals surface area (Å²) < 4.78 is 0. The van der Waals surface area contributed by atoms with Crippen LogP contribution in [0.25, 0.3) is 0 Å². The van der Waals surface area contributed by atoms with E-state index in [0.717, 1.165) is 5.57 Å². The van der Waals surface area contributed by atoms with E-state index in [9.17, 15) is 4.79 Å². The largest absolute Gasteiger partial charge is 0.366 e. The molecule has 60 valence electrons. The van der Waals surface area contributed by atoms with Crippen molar-refractivity contribution in [3.8, 4) is 0 Å². The fraction of sp³-hybridized carbons (Fsp3) is 0.222. The quantitative estimate of drug-likeness (QED) is 0.470. The Hall–Kier alpha value is -1.31. The molecule has 0 radical (unpaired) electrons. The lowest BCUT2D eigenvalue weighted by atomic mass is 10.1. The van der Waals surface area contributed by atoms with Crippen molar-refractivity contribution in [2.45, 2.75) is 12.8 Å². The molecular weight excluding hydrogens is 138 g/mol. The lowest BCUT2D eigenvalue weighted by Gasteiger charge is -1.97.